The summed E-state index contributed by atoms with van der Waals surface area (Å²) in [4.78, 5) is 0. The highest BCUT2D eigenvalue weighted by molar-refractivity contribution is 5.85. The zero-order valence-corrected chi connectivity index (χ0v) is 8.98. The summed E-state index contributed by atoms with van der Waals surface area (Å²) in [6.07, 6.45) is -4.56. The second-order valence-electron chi connectivity index (χ2n) is 3.05. The van der Waals surface area contributed by atoms with E-state index in [0.29, 0.717) is 0 Å². The number of hydrogen-bond acceptors (Lipinski definition) is 2. The van der Waals surface area contributed by atoms with Crippen LogP contribution in [-0.2, 0) is 6.18 Å². The van der Waals surface area contributed by atoms with Crippen molar-refractivity contribution in [3.05, 3.63) is 35.4 Å². The first-order valence-electron chi connectivity index (χ1n) is 4.25. The molecule has 1 aromatic rings. The van der Waals surface area contributed by atoms with E-state index >= 15 is 0 Å². The number of alkyl halides is 3. The van der Waals surface area contributed by atoms with E-state index in [1.807, 2.05) is 0 Å². The molecule has 0 aliphatic heterocycles. The summed E-state index contributed by atoms with van der Waals surface area (Å²) in [5.74, 6) is 0. The average molecular weight is 251 g/mol. The molecule has 0 spiro atoms. The fourth-order valence-corrected chi connectivity index (χ4v) is 1.29. The van der Waals surface area contributed by atoms with Gasteiger partial charge in [0.2, 0.25) is 0 Å². The van der Waals surface area contributed by atoms with Crippen LogP contribution in [0.2, 0.25) is 0 Å². The van der Waals surface area contributed by atoms with Crippen LogP contribution >= 0.6 is 12.4 Å². The first-order chi connectivity index (χ1) is 6.96. The molecule has 0 heterocycles. The average Bonchev–Trinajstić information content (AvgIpc) is 2.17. The van der Waals surface area contributed by atoms with Crippen LogP contribution in [0.3, 0.4) is 0 Å². The van der Waals surface area contributed by atoms with Crippen molar-refractivity contribution < 1.29 is 13.2 Å². The number of nitrogens with zero attached hydrogens (tertiary/aromatic N) is 1. The summed E-state index contributed by atoms with van der Waals surface area (Å²) in [6, 6.07) is 5.89. The summed E-state index contributed by atoms with van der Waals surface area (Å²) in [6.45, 7) is 0. The lowest BCUT2D eigenvalue weighted by molar-refractivity contribution is -0.138. The SMILES string of the molecule is Cl.N#CC[C@@H](N)c1ccccc1C(F)(F)F. The predicted octanol–water partition coefficient (Wildman–Crippen LogP) is 3.04. The third kappa shape index (κ3) is 3.40. The van der Waals surface area contributed by atoms with Gasteiger partial charge in [-0.3, -0.25) is 0 Å². The van der Waals surface area contributed by atoms with Crippen LogP contribution in [0.25, 0.3) is 0 Å². The molecule has 2 N–H and O–H groups in total. The lowest BCUT2D eigenvalue weighted by Gasteiger charge is -2.15. The zero-order valence-electron chi connectivity index (χ0n) is 8.16. The van der Waals surface area contributed by atoms with Crippen molar-refractivity contribution in [3.8, 4) is 6.07 Å². The van der Waals surface area contributed by atoms with E-state index < -0.39 is 17.8 Å². The normalized spacial score (nSPS) is 12.4. The van der Waals surface area contributed by atoms with Crippen molar-refractivity contribution in [2.75, 3.05) is 0 Å². The van der Waals surface area contributed by atoms with E-state index in [9.17, 15) is 13.2 Å². The van der Waals surface area contributed by atoms with E-state index in [-0.39, 0.29) is 24.4 Å². The Morgan fingerprint density at radius 2 is 1.88 bits per heavy atom. The van der Waals surface area contributed by atoms with Crippen molar-refractivity contribution in [2.45, 2.75) is 18.6 Å². The molecule has 0 radical (unpaired) electrons. The summed E-state index contributed by atoms with van der Waals surface area (Å²) in [7, 11) is 0. The smallest absolute Gasteiger partial charge is 0.323 e. The minimum atomic E-state index is -4.43. The van der Waals surface area contributed by atoms with Gasteiger partial charge in [0.05, 0.1) is 18.1 Å². The van der Waals surface area contributed by atoms with E-state index in [1.54, 1.807) is 6.07 Å². The monoisotopic (exact) mass is 250 g/mol. The van der Waals surface area contributed by atoms with Gasteiger partial charge in [0.25, 0.3) is 0 Å². The van der Waals surface area contributed by atoms with E-state index in [4.69, 9.17) is 11.0 Å². The number of hydrogen-bond donors (Lipinski definition) is 1. The largest absolute Gasteiger partial charge is 0.416 e. The second kappa shape index (κ2) is 5.73. The van der Waals surface area contributed by atoms with Gasteiger partial charge in [-0.05, 0) is 11.6 Å². The minimum Gasteiger partial charge on any atom is -0.323 e. The molecular weight excluding hydrogens is 241 g/mol. The Bertz CT molecular complexity index is 384. The first kappa shape index (κ1) is 14.8. The van der Waals surface area contributed by atoms with Gasteiger partial charge >= 0.3 is 6.18 Å². The highest BCUT2D eigenvalue weighted by Gasteiger charge is 2.34. The Morgan fingerprint density at radius 1 is 1.31 bits per heavy atom. The van der Waals surface area contributed by atoms with Crippen molar-refractivity contribution >= 4 is 12.4 Å². The number of rotatable bonds is 2. The number of nitrogens with two attached hydrogens (primary N) is 1. The van der Waals surface area contributed by atoms with Crippen LogP contribution in [0, 0.1) is 11.3 Å². The summed E-state index contributed by atoms with van der Waals surface area (Å²) >= 11 is 0. The molecule has 0 aliphatic rings. The van der Waals surface area contributed by atoms with E-state index in [2.05, 4.69) is 0 Å². The maximum atomic E-state index is 12.5. The Labute approximate surface area is 97.3 Å². The molecule has 0 aliphatic carbocycles. The van der Waals surface area contributed by atoms with Crippen molar-refractivity contribution in [1.29, 1.82) is 5.26 Å². The number of benzene rings is 1. The molecule has 0 amide bonds. The number of halogens is 4. The molecule has 1 rings (SSSR count). The summed E-state index contributed by atoms with van der Waals surface area (Å²) in [5.41, 5.74) is 4.67. The van der Waals surface area contributed by atoms with Gasteiger partial charge in [-0.15, -0.1) is 12.4 Å². The zero-order chi connectivity index (χ0) is 11.5. The molecule has 6 heteroatoms. The van der Waals surface area contributed by atoms with Gasteiger partial charge in [-0.2, -0.15) is 18.4 Å². The fraction of sp³-hybridized carbons (Fsp3) is 0.300. The van der Waals surface area contributed by atoms with Crippen molar-refractivity contribution in [2.24, 2.45) is 5.73 Å². The highest BCUT2D eigenvalue weighted by atomic mass is 35.5. The molecule has 2 nitrogen and oxygen atoms in total. The third-order valence-electron chi connectivity index (χ3n) is 1.98. The van der Waals surface area contributed by atoms with Gasteiger partial charge in [-0.25, -0.2) is 0 Å². The molecule has 1 aromatic carbocycles. The standard InChI is InChI=1S/C10H9F3N2.ClH/c11-10(12,13)8-4-2-1-3-7(8)9(15)5-6-14;/h1-4,9H,5,15H2;1H/t9-;/m1./s1. The molecule has 16 heavy (non-hydrogen) atoms. The maximum absolute atomic E-state index is 12.5. The van der Waals surface area contributed by atoms with Crippen molar-refractivity contribution in [1.82, 2.24) is 0 Å². The van der Waals surface area contributed by atoms with E-state index in [1.165, 1.54) is 18.2 Å². The van der Waals surface area contributed by atoms with Crippen LogP contribution < -0.4 is 5.73 Å². The Kier molecular flexibility index (Phi) is 5.28. The van der Waals surface area contributed by atoms with Gasteiger partial charge in [0.1, 0.15) is 0 Å². The first-order valence-corrected chi connectivity index (χ1v) is 4.25. The molecule has 1 atom stereocenters. The lowest BCUT2D eigenvalue weighted by atomic mass is 9.99. The van der Waals surface area contributed by atoms with Crippen LogP contribution in [-0.4, -0.2) is 0 Å². The summed E-state index contributed by atoms with van der Waals surface area (Å²) < 4.78 is 37.5. The van der Waals surface area contributed by atoms with Crippen LogP contribution in [0.15, 0.2) is 24.3 Å². The molecule has 0 aromatic heterocycles. The quantitative estimate of drug-likeness (QED) is 0.877. The van der Waals surface area contributed by atoms with Gasteiger partial charge < -0.3 is 5.73 Å². The minimum absolute atomic E-state index is 0. The van der Waals surface area contributed by atoms with Gasteiger partial charge in [0, 0.05) is 6.04 Å². The Hall–Kier alpha value is -1.25. The molecule has 0 saturated carbocycles. The highest BCUT2D eigenvalue weighted by Crippen LogP contribution is 2.34. The van der Waals surface area contributed by atoms with Gasteiger partial charge in [0.15, 0.2) is 0 Å². The molecule has 0 bridgehead atoms. The molecule has 0 unspecified atom stereocenters. The predicted molar refractivity (Wildman–Crippen MR) is 55.9 cm³/mol. The Balaban J connectivity index is 0.00000225. The van der Waals surface area contributed by atoms with Crippen LogP contribution in [0.4, 0.5) is 13.2 Å². The third-order valence-corrected chi connectivity index (χ3v) is 1.98. The summed E-state index contributed by atoms with van der Waals surface area (Å²) in [5, 5.41) is 8.38. The number of nitriles is 1. The topological polar surface area (TPSA) is 49.8 Å². The Morgan fingerprint density at radius 3 is 2.38 bits per heavy atom. The van der Waals surface area contributed by atoms with Crippen LogP contribution in [0.1, 0.15) is 23.6 Å². The molecule has 0 fully saturated rings. The molecular formula is C10H10ClF3N2. The lowest BCUT2D eigenvalue weighted by Crippen LogP contribution is -2.16. The van der Waals surface area contributed by atoms with Crippen molar-refractivity contribution in [3.63, 3.8) is 0 Å². The van der Waals surface area contributed by atoms with Crippen LogP contribution in [0.5, 0.6) is 0 Å². The molecule has 0 saturated heterocycles. The van der Waals surface area contributed by atoms with E-state index in [0.717, 1.165) is 6.07 Å². The fourth-order valence-electron chi connectivity index (χ4n) is 1.29. The van der Waals surface area contributed by atoms with Gasteiger partial charge in [-0.1, -0.05) is 18.2 Å². The second-order valence-corrected chi connectivity index (χ2v) is 3.05. The molecule has 88 valence electrons. The maximum Gasteiger partial charge on any atom is 0.416 e.